The Bertz CT molecular complexity index is 1060. The summed E-state index contributed by atoms with van der Waals surface area (Å²) in [5.41, 5.74) is 0.0662. The summed E-state index contributed by atoms with van der Waals surface area (Å²) in [4.78, 5) is 19.6. The van der Waals surface area contributed by atoms with Gasteiger partial charge in [0.15, 0.2) is 11.3 Å². The number of carbonyl (C=O) groups is 1. The van der Waals surface area contributed by atoms with E-state index in [1.165, 1.54) is 11.3 Å². The molecule has 1 atom stereocenters. The minimum absolute atomic E-state index is 0.0712. The quantitative estimate of drug-likeness (QED) is 0.603. The smallest absolute Gasteiger partial charge is 0.334 e. The third kappa shape index (κ3) is 3.41. The molecule has 0 radical (unpaired) electrons. The number of halogens is 3. The van der Waals surface area contributed by atoms with Crippen molar-refractivity contribution in [2.24, 2.45) is 5.92 Å². The minimum Gasteiger partial charge on any atom is -0.334 e. The van der Waals surface area contributed by atoms with Gasteiger partial charge in [-0.1, -0.05) is 6.07 Å². The second kappa shape index (κ2) is 6.83. The second-order valence-corrected chi connectivity index (χ2v) is 8.61. The van der Waals surface area contributed by atoms with Crippen LogP contribution in [-0.2, 0) is 11.0 Å². The average Bonchev–Trinajstić information content (AvgIpc) is 3.23. The average molecular weight is 420 g/mol. The van der Waals surface area contributed by atoms with E-state index in [1.807, 2.05) is 4.90 Å². The van der Waals surface area contributed by atoms with Gasteiger partial charge < -0.3 is 4.90 Å². The zero-order valence-electron chi connectivity index (χ0n) is 15.5. The molecule has 152 valence electrons. The van der Waals surface area contributed by atoms with E-state index < -0.39 is 11.9 Å². The molecule has 0 aromatic carbocycles. The molecule has 9 heteroatoms. The van der Waals surface area contributed by atoms with Gasteiger partial charge in [0.05, 0.1) is 22.3 Å². The van der Waals surface area contributed by atoms with Crippen molar-refractivity contribution < 1.29 is 18.0 Å². The molecule has 1 aliphatic carbocycles. The van der Waals surface area contributed by atoms with Gasteiger partial charge in [-0.25, -0.2) is 9.50 Å². The van der Waals surface area contributed by atoms with E-state index >= 15 is 0 Å². The van der Waals surface area contributed by atoms with Crippen molar-refractivity contribution in [1.29, 1.82) is 0 Å². The summed E-state index contributed by atoms with van der Waals surface area (Å²) in [6.45, 7) is 0.633. The molecule has 1 saturated heterocycles. The third-order valence-corrected chi connectivity index (χ3v) is 6.46. The first-order valence-electron chi connectivity index (χ1n) is 9.74. The topological polar surface area (TPSA) is 50.5 Å². The number of piperidine rings is 1. The Balaban J connectivity index is 1.61. The summed E-state index contributed by atoms with van der Waals surface area (Å²) >= 11 is 1.34. The normalized spacial score (nSPS) is 20.4. The van der Waals surface area contributed by atoms with Crippen LogP contribution in [0.2, 0.25) is 0 Å². The summed E-state index contributed by atoms with van der Waals surface area (Å²) in [5.74, 6) is 0.178. The zero-order valence-corrected chi connectivity index (χ0v) is 16.3. The number of alkyl halides is 3. The van der Waals surface area contributed by atoms with Gasteiger partial charge in [0.2, 0.25) is 5.91 Å². The SMILES string of the molecule is O=C(C1CC1)N1CCCC[C@H]1c1cc2nc(-c3cccs3)cc(C(F)(F)F)n2n1. The first-order chi connectivity index (χ1) is 13.9. The Kier molecular flexibility index (Phi) is 4.38. The molecule has 29 heavy (non-hydrogen) atoms. The number of carbonyl (C=O) groups excluding carboxylic acids is 1. The van der Waals surface area contributed by atoms with E-state index in [2.05, 4.69) is 10.1 Å². The molecule has 1 saturated carbocycles. The summed E-state index contributed by atoms with van der Waals surface area (Å²) in [5, 5.41) is 6.09. The van der Waals surface area contributed by atoms with Crippen molar-refractivity contribution in [3.8, 4) is 10.6 Å². The van der Waals surface area contributed by atoms with Crippen LogP contribution < -0.4 is 0 Å². The predicted molar refractivity (Wildman–Crippen MR) is 102 cm³/mol. The number of fused-ring (bicyclic) bond motifs is 1. The minimum atomic E-state index is -4.56. The van der Waals surface area contributed by atoms with Crippen LogP contribution >= 0.6 is 11.3 Å². The molecule has 5 rings (SSSR count). The van der Waals surface area contributed by atoms with Crippen LogP contribution in [-0.4, -0.2) is 31.9 Å². The van der Waals surface area contributed by atoms with Crippen LogP contribution in [0.4, 0.5) is 13.2 Å². The Labute approximate surface area is 169 Å². The fourth-order valence-corrected chi connectivity index (χ4v) is 4.66. The highest BCUT2D eigenvalue weighted by Crippen LogP contribution is 2.39. The highest BCUT2D eigenvalue weighted by atomic mass is 32.1. The fourth-order valence-electron chi connectivity index (χ4n) is 3.98. The molecule has 0 bridgehead atoms. The van der Waals surface area contributed by atoms with E-state index in [0.717, 1.165) is 36.3 Å². The number of aromatic nitrogens is 3. The van der Waals surface area contributed by atoms with Gasteiger partial charge >= 0.3 is 6.18 Å². The molecule has 0 N–H and O–H groups in total. The van der Waals surface area contributed by atoms with Crippen LogP contribution in [0.1, 0.15) is 49.5 Å². The Morgan fingerprint density at radius 2 is 2.00 bits per heavy atom. The number of rotatable bonds is 3. The van der Waals surface area contributed by atoms with Gasteiger partial charge in [0, 0.05) is 18.5 Å². The lowest BCUT2D eigenvalue weighted by Gasteiger charge is -2.35. The predicted octanol–water partition coefficient (Wildman–Crippen LogP) is 4.94. The van der Waals surface area contributed by atoms with Gasteiger partial charge in [0.25, 0.3) is 0 Å². The lowest BCUT2D eigenvalue weighted by atomic mass is 9.99. The standard InChI is InChI=1S/C20H19F3N4OS/c21-20(22,23)17-10-14(16-5-3-9-29-16)24-18-11-13(25-27(17)18)15-4-1-2-8-26(15)19(28)12-6-7-12/h3,5,9-12,15H,1-2,4,6-8H2/t15-/m0/s1. The summed E-state index contributed by atoms with van der Waals surface area (Å²) in [6.07, 6.45) is -0.216. The molecule has 5 nitrogen and oxygen atoms in total. The zero-order chi connectivity index (χ0) is 20.2. The lowest BCUT2D eigenvalue weighted by Crippen LogP contribution is -2.39. The molecular weight excluding hydrogens is 401 g/mol. The highest BCUT2D eigenvalue weighted by Gasteiger charge is 2.40. The Hall–Kier alpha value is -2.42. The molecule has 3 aromatic rings. The number of amides is 1. The van der Waals surface area contributed by atoms with Crippen molar-refractivity contribution in [3.63, 3.8) is 0 Å². The number of likely N-dealkylation sites (tertiary alicyclic amines) is 1. The third-order valence-electron chi connectivity index (χ3n) is 5.56. The van der Waals surface area contributed by atoms with Gasteiger partial charge in [-0.3, -0.25) is 4.79 Å². The van der Waals surface area contributed by atoms with Crippen LogP contribution in [0.3, 0.4) is 0 Å². The van der Waals surface area contributed by atoms with E-state index in [-0.39, 0.29) is 29.2 Å². The lowest BCUT2D eigenvalue weighted by molar-refractivity contribution is -0.143. The Morgan fingerprint density at radius 3 is 2.69 bits per heavy atom. The van der Waals surface area contributed by atoms with Gasteiger partial charge in [-0.15, -0.1) is 11.3 Å². The summed E-state index contributed by atoms with van der Waals surface area (Å²) < 4.78 is 42.2. The van der Waals surface area contributed by atoms with Crippen LogP contribution in [0, 0.1) is 5.92 Å². The molecule has 1 aliphatic heterocycles. The molecule has 0 spiro atoms. The van der Waals surface area contributed by atoms with Gasteiger partial charge in [0.1, 0.15) is 0 Å². The van der Waals surface area contributed by atoms with Crippen molar-refractivity contribution in [1.82, 2.24) is 19.5 Å². The summed E-state index contributed by atoms with van der Waals surface area (Å²) in [7, 11) is 0. The molecule has 3 aromatic heterocycles. The Morgan fingerprint density at radius 1 is 1.17 bits per heavy atom. The largest absolute Gasteiger partial charge is 0.433 e. The van der Waals surface area contributed by atoms with E-state index in [0.29, 0.717) is 23.5 Å². The molecular formula is C20H19F3N4OS. The molecule has 4 heterocycles. The van der Waals surface area contributed by atoms with E-state index in [1.54, 1.807) is 23.6 Å². The van der Waals surface area contributed by atoms with Crippen LogP contribution in [0.25, 0.3) is 16.2 Å². The summed E-state index contributed by atoms with van der Waals surface area (Å²) in [6, 6.07) is 5.89. The van der Waals surface area contributed by atoms with E-state index in [9.17, 15) is 18.0 Å². The number of hydrogen-bond donors (Lipinski definition) is 0. The van der Waals surface area contributed by atoms with Crippen molar-refractivity contribution in [3.05, 3.63) is 41.0 Å². The maximum Gasteiger partial charge on any atom is 0.433 e. The molecule has 2 aliphatic rings. The molecule has 1 amide bonds. The number of nitrogens with zero attached hydrogens (tertiary/aromatic N) is 4. The first kappa shape index (κ1) is 18.6. The van der Waals surface area contributed by atoms with Crippen LogP contribution in [0.15, 0.2) is 29.6 Å². The number of thiophene rings is 1. The first-order valence-corrected chi connectivity index (χ1v) is 10.6. The van der Waals surface area contributed by atoms with Gasteiger partial charge in [-0.05, 0) is 49.6 Å². The van der Waals surface area contributed by atoms with Crippen molar-refractivity contribution in [2.45, 2.75) is 44.3 Å². The number of hydrogen-bond acceptors (Lipinski definition) is 4. The highest BCUT2D eigenvalue weighted by molar-refractivity contribution is 7.13. The maximum atomic E-state index is 13.8. The second-order valence-electron chi connectivity index (χ2n) is 7.66. The maximum absolute atomic E-state index is 13.8. The van der Waals surface area contributed by atoms with Crippen molar-refractivity contribution in [2.75, 3.05) is 6.54 Å². The van der Waals surface area contributed by atoms with Crippen molar-refractivity contribution >= 4 is 22.9 Å². The molecule has 2 fully saturated rings. The van der Waals surface area contributed by atoms with E-state index in [4.69, 9.17) is 0 Å². The molecule has 0 unspecified atom stereocenters. The fraction of sp³-hybridized carbons (Fsp3) is 0.450. The monoisotopic (exact) mass is 420 g/mol. The van der Waals surface area contributed by atoms with Crippen LogP contribution in [0.5, 0.6) is 0 Å². The van der Waals surface area contributed by atoms with Gasteiger partial charge in [-0.2, -0.15) is 18.3 Å².